The second-order valence-corrected chi connectivity index (χ2v) is 7.93. The molecule has 0 aromatic carbocycles. The molecule has 0 spiro atoms. The third-order valence-electron chi connectivity index (χ3n) is 1.89. The quantitative estimate of drug-likeness (QED) is 0.864. The summed E-state index contributed by atoms with van der Waals surface area (Å²) in [4.78, 5) is 1.03. The zero-order valence-corrected chi connectivity index (χ0v) is 12.3. The predicted molar refractivity (Wildman–Crippen MR) is 71.8 cm³/mol. The average Bonchev–Trinajstić information content (AvgIpc) is 2.59. The van der Waals surface area contributed by atoms with Crippen molar-refractivity contribution in [3.63, 3.8) is 0 Å². The van der Waals surface area contributed by atoms with Gasteiger partial charge >= 0.3 is 0 Å². The van der Waals surface area contributed by atoms with Crippen molar-refractivity contribution >= 4 is 21.4 Å². The number of rotatable bonds is 5. The van der Waals surface area contributed by atoms with Crippen molar-refractivity contribution in [2.24, 2.45) is 0 Å². The van der Waals surface area contributed by atoms with Gasteiger partial charge in [-0.15, -0.1) is 11.3 Å². The molecule has 17 heavy (non-hydrogen) atoms. The minimum absolute atomic E-state index is 0.375. The Hall–Kier alpha value is -0.430. The SMILES string of the molecule is CCNCc1ccc(S(=O)(=O)NC(C)(C)C)s1. The van der Waals surface area contributed by atoms with E-state index >= 15 is 0 Å². The Bertz CT molecular complexity index is 458. The summed E-state index contributed by atoms with van der Waals surface area (Å²) in [5.41, 5.74) is -0.454. The van der Waals surface area contributed by atoms with E-state index in [1.807, 2.05) is 33.8 Å². The molecular weight excluding hydrogens is 256 g/mol. The van der Waals surface area contributed by atoms with Crippen LogP contribution in [0.3, 0.4) is 0 Å². The van der Waals surface area contributed by atoms with Gasteiger partial charge < -0.3 is 5.32 Å². The summed E-state index contributed by atoms with van der Waals surface area (Å²) in [6, 6.07) is 3.51. The van der Waals surface area contributed by atoms with Crippen LogP contribution < -0.4 is 10.0 Å². The van der Waals surface area contributed by atoms with Crippen LogP contribution >= 0.6 is 11.3 Å². The van der Waals surface area contributed by atoms with Gasteiger partial charge in [0.1, 0.15) is 4.21 Å². The molecule has 0 amide bonds. The minimum Gasteiger partial charge on any atom is -0.312 e. The zero-order chi connectivity index (χ0) is 13.1. The van der Waals surface area contributed by atoms with E-state index in [1.54, 1.807) is 6.07 Å². The summed E-state index contributed by atoms with van der Waals surface area (Å²) in [7, 11) is -3.38. The van der Waals surface area contributed by atoms with E-state index in [9.17, 15) is 8.42 Å². The molecule has 0 aliphatic rings. The topological polar surface area (TPSA) is 58.2 Å². The molecule has 98 valence electrons. The largest absolute Gasteiger partial charge is 0.312 e. The van der Waals surface area contributed by atoms with E-state index < -0.39 is 15.6 Å². The smallest absolute Gasteiger partial charge is 0.250 e. The van der Waals surface area contributed by atoms with Crippen molar-refractivity contribution in [1.82, 2.24) is 10.0 Å². The lowest BCUT2D eigenvalue weighted by atomic mass is 10.1. The van der Waals surface area contributed by atoms with E-state index in [2.05, 4.69) is 10.0 Å². The van der Waals surface area contributed by atoms with Crippen LogP contribution in [0, 0.1) is 0 Å². The Labute approximate surface area is 107 Å². The summed E-state index contributed by atoms with van der Waals surface area (Å²) in [6.45, 7) is 9.10. The third-order valence-corrected chi connectivity index (χ3v) is 5.23. The van der Waals surface area contributed by atoms with E-state index in [0.29, 0.717) is 10.8 Å². The molecule has 0 fully saturated rings. The van der Waals surface area contributed by atoms with Crippen LogP contribution in [-0.2, 0) is 16.6 Å². The highest BCUT2D eigenvalue weighted by Crippen LogP contribution is 2.22. The first-order chi connectivity index (χ1) is 7.74. The summed E-state index contributed by atoms with van der Waals surface area (Å²) in [5, 5.41) is 3.17. The fraction of sp³-hybridized carbons (Fsp3) is 0.636. The van der Waals surface area contributed by atoms with Crippen LogP contribution in [0.2, 0.25) is 0 Å². The van der Waals surface area contributed by atoms with Gasteiger partial charge in [0, 0.05) is 17.0 Å². The Morgan fingerprint density at radius 1 is 1.29 bits per heavy atom. The highest BCUT2D eigenvalue weighted by atomic mass is 32.2. The second kappa shape index (κ2) is 5.48. The normalized spacial score (nSPS) is 12.9. The zero-order valence-electron chi connectivity index (χ0n) is 10.7. The maximum absolute atomic E-state index is 12.0. The number of sulfonamides is 1. The first-order valence-electron chi connectivity index (χ1n) is 5.58. The maximum Gasteiger partial charge on any atom is 0.250 e. The van der Waals surface area contributed by atoms with Crippen LogP contribution in [0.4, 0.5) is 0 Å². The lowest BCUT2D eigenvalue weighted by Crippen LogP contribution is -2.40. The summed E-state index contributed by atoms with van der Waals surface area (Å²) >= 11 is 1.31. The van der Waals surface area contributed by atoms with Gasteiger partial charge in [0.25, 0.3) is 10.0 Å². The van der Waals surface area contributed by atoms with Gasteiger partial charge in [-0.3, -0.25) is 0 Å². The molecule has 0 bridgehead atoms. The van der Waals surface area contributed by atoms with Crippen LogP contribution in [0.1, 0.15) is 32.6 Å². The van der Waals surface area contributed by atoms with Crippen LogP contribution in [0.5, 0.6) is 0 Å². The molecule has 1 aromatic rings. The summed E-state index contributed by atoms with van der Waals surface area (Å²) in [6.07, 6.45) is 0. The first kappa shape index (κ1) is 14.6. The molecule has 0 unspecified atom stereocenters. The Morgan fingerprint density at radius 3 is 2.47 bits per heavy atom. The Morgan fingerprint density at radius 2 is 1.94 bits per heavy atom. The molecule has 0 saturated heterocycles. The van der Waals surface area contributed by atoms with E-state index in [-0.39, 0.29) is 0 Å². The fourth-order valence-corrected chi connectivity index (χ4v) is 4.04. The van der Waals surface area contributed by atoms with Gasteiger partial charge in [0.2, 0.25) is 0 Å². The van der Waals surface area contributed by atoms with Crippen LogP contribution in [-0.4, -0.2) is 20.5 Å². The first-order valence-corrected chi connectivity index (χ1v) is 7.88. The standard InChI is InChI=1S/C11H20N2O2S2/c1-5-12-8-9-6-7-10(16-9)17(14,15)13-11(2,3)4/h6-7,12-13H,5,8H2,1-4H3. The predicted octanol–water partition coefficient (Wildman–Crippen LogP) is 1.93. The molecule has 1 aromatic heterocycles. The van der Waals surface area contributed by atoms with Crippen molar-refractivity contribution < 1.29 is 8.42 Å². The van der Waals surface area contributed by atoms with Crippen molar-refractivity contribution in [3.8, 4) is 0 Å². The van der Waals surface area contributed by atoms with E-state index in [4.69, 9.17) is 0 Å². The van der Waals surface area contributed by atoms with Gasteiger partial charge in [-0.05, 0) is 39.4 Å². The van der Waals surface area contributed by atoms with Crippen molar-refractivity contribution in [2.45, 2.75) is 44.0 Å². The van der Waals surface area contributed by atoms with Crippen molar-refractivity contribution in [3.05, 3.63) is 17.0 Å². The van der Waals surface area contributed by atoms with Crippen LogP contribution in [0.25, 0.3) is 0 Å². The van der Waals surface area contributed by atoms with E-state index in [1.165, 1.54) is 11.3 Å². The maximum atomic E-state index is 12.0. The molecule has 1 rings (SSSR count). The molecule has 0 saturated carbocycles. The molecular formula is C11H20N2O2S2. The second-order valence-electron chi connectivity index (χ2n) is 4.86. The minimum atomic E-state index is -3.38. The average molecular weight is 276 g/mol. The lowest BCUT2D eigenvalue weighted by molar-refractivity contribution is 0.492. The number of hydrogen-bond acceptors (Lipinski definition) is 4. The molecule has 0 radical (unpaired) electrons. The van der Waals surface area contributed by atoms with Crippen molar-refractivity contribution in [2.75, 3.05) is 6.54 Å². The number of hydrogen-bond donors (Lipinski definition) is 2. The Kier molecular flexibility index (Phi) is 4.71. The Balaban J connectivity index is 2.82. The molecule has 1 heterocycles. The van der Waals surface area contributed by atoms with Gasteiger partial charge in [-0.25, -0.2) is 13.1 Å². The monoisotopic (exact) mass is 276 g/mol. The number of thiophene rings is 1. The van der Waals surface area contributed by atoms with Gasteiger partial charge in [0.05, 0.1) is 0 Å². The molecule has 0 aliphatic heterocycles. The number of nitrogens with one attached hydrogen (secondary N) is 2. The molecule has 2 N–H and O–H groups in total. The molecule has 0 aliphatic carbocycles. The molecule has 4 nitrogen and oxygen atoms in total. The van der Waals surface area contributed by atoms with E-state index in [0.717, 1.165) is 11.4 Å². The summed E-state index contributed by atoms with van der Waals surface area (Å²) in [5.74, 6) is 0. The van der Waals surface area contributed by atoms with Gasteiger partial charge in [-0.1, -0.05) is 6.92 Å². The highest BCUT2D eigenvalue weighted by Gasteiger charge is 2.23. The highest BCUT2D eigenvalue weighted by molar-refractivity contribution is 7.91. The van der Waals surface area contributed by atoms with Crippen LogP contribution in [0.15, 0.2) is 16.3 Å². The fourth-order valence-electron chi connectivity index (χ4n) is 1.30. The third kappa shape index (κ3) is 4.75. The summed E-state index contributed by atoms with van der Waals surface area (Å²) < 4.78 is 27.0. The lowest BCUT2D eigenvalue weighted by Gasteiger charge is -2.19. The van der Waals surface area contributed by atoms with Gasteiger partial charge in [-0.2, -0.15) is 0 Å². The molecule has 6 heteroatoms. The molecule has 0 atom stereocenters. The van der Waals surface area contributed by atoms with Crippen molar-refractivity contribution in [1.29, 1.82) is 0 Å². The van der Waals surface area contributed by atoms with Gasteiger partial charge in [0.15, 0.2) is 0 Å².